The molecule has 1 aromatic carbocycles. The van der Waals surface area contributed by atoms with Gasteiger partial charge in [0.15, 0.2) is 5.75 Å². The smallest absolute Gasteiger partial charge is 0.311 e. The van der Waals surface area contributed by atoms with E-state index < -0.39 is 4.92 Å². The maximum Gasteiger partial charge on any atom is 0.311 e. The summed E-state index contributed by atoms with van der Waals surface area (Å²) in [7, 11) is 1.58. The largest absolute Gasteiger partial charge is 0.487 e. The second-order valence-corrected chi connectivity index (χ2v) is 3.41. The lowest BCUT2D eigenvalue weighted by molar-refractivity contribution is -0.386. The normalized spacial score (nSPS) is 10.2. The van der Waals surface area contributed by atoms with Crippen LogP contribution in [-0.2, 0) is 11.3 Å². The highest BCUT2D eigenvalue weighted by Crippen LogP contribution is 2.28. The molecule has 6 nitrogen and oxygen atoms in total. The summed E-state index contributed by atoms with van der Waals surface area (Å²) >= 11 is 0. The Bertz CT molecular complexity index is 380. The van der Waals surface area contributed by atoms with Crippen molar-refractivity contribution >= 4 is 5.69 Å². The minimum Gasteiger partial charge on any atom is -0.487 e. The number of nitrogens with zero attached hydrogens (tertiary/aromatic N) is 1. The Balaban J connectivity index is 2.73. The Morgan fingerprint density at radius 1 is 1.41 bits per heavy atom. The van der Waals surface area contributed by atoms with Crippen LogP contribution in [0.3, 0.4) is 0 Å². The number of nitro benzene ring substituents is 1. The summed E-state index contributed by atoms with van der Waals surface area (Å²) in [6, 6.07) is 4.40. The second kappa shape index (κ2) is 6.82. The lowest BCUT2D eigenvalue weighted by Crippen LogP contribution is -2.03. The predicted octanol–water partition coefficient (Wildman–Crippen LogP) is 1.50. The van der Waals surface area contributed by atoms with Crippen LogP contribution in [0.4, 0.5) is 5.69 Å². The molecule has 6 heteroatoms. The van der Waals surface area contributed by atoms with Gasteiger partial charge in [-0.2, -0.15) is 0 Å². The SMILES string of the molecule is COCCCOc1ccc(CO)cc1[N+](=O)[O-]. The molecule has 0 fully saturated rings. The number of ether oxygens (including phenoxy) is 2. The van der Waals surface area contributed by atoms with E-state index in [-0.39, 0.29) is 18.0 Å². The maximum absolute atomic E-state index is 10.8. The Morgan fingerprint density at radius 2 is 2.18 bits per heavy atom. The molecule has 0 aliphatic carbocycles. The molecular weight excluding hydrogens is 226 g/mol. The number of aliphatic hydroxyl groups is 1. The Kier molecular flexibility index (Phi) is 5.38. The molecule has 0 atom stereocenters. The number of aliphatic hydroxyl groups excluding tert-OH is 1. The molecule has 0 aliphatic heterocycles. The van der Waals surface area contributed by atoms with Gasteiger partial charge in [-0.05, 0) is 11.6 Å². The Hall–Kier alpha value is -1.66. The maximum atomic E-state index is 10.8. The van der Waals surface area contributed by atoms with Gasteiger partial charge in [0.05, 0.1) is 18.1 Å². The summed E-state index contributed by atoms with van der Waals surface area (Å²) in [6.07, 6.45) is 0.662. The second-order valence-electron chi connectivity index (χ2n) is 3.41. The van der Waals surface area contributed by atoms with Gasteiger partial charge in [0, 0.05) is 26.2 Å². The van der Waals surface area contributed by atoms with Crippen molar-refractivity contribution in [3.05, 3.63) is 33.9 Å². The van der Waals surface area contributed by atoms with E-state index in [9.17, 15) is 10.1 Å². The van der Waals surface area contributed by atoms with E-state index in [1.54, 1.807) is 13.2 Å². The van der Waals surface area contributed by atoms with Crippen molar-refractivity contribution in [2.75, 3.05) is 20.3 Å². The highest BCUT2D eigenvalue weighted by atomic mass is 16.6. The molecule has 1 N–H and O–H groups in total. The lowest BCUT2D eigenvalue weighted by Gasteiger charge is -2.07. The van der Waals surface area contributed by atoms with Gasteiger partial charge in [0.1, 0.15) is 0 Å². The highest BCUT2D eigenvalue weighted by molar-refractivity contribution is 5.48. The number of rotatable bonds is 7. The summed E-state index contributed by atoms with van der Waals surface area (Å²) in [4.78, 5) is 10.3. The third kappa shape index (κ3) is 4.01. The van der Waals surface area contributed by atoms with Crippen LogP contribution in [0, 0.1) is 10.1 Å². The first-order valence-electron chi connectivity index (χ1n) is 5.19. The van der Waals surface area contributed by atoms with E-state index in [0.717, 1.165) is 0 Å². The fourth-order valence-corrected chi connectivity index (χ4v) is 1.31. The van der Waals surface area contributed by atoms with E-state index >= 15 is 0 Å². The van der Waals surface area contributed by atoms with Crippen LogP contribution in [0.2, 0.25) is 0 Å². The third-order valence-electron chi connectivity index (χ3n) is 2.15. The highest BCUT2D eigenvalue weighted by Gasteiger charge is 2.15. The van der Waals surface area contributed by atoms with Crippen molar-refractivity contribution in [1.82, 2.24) is 0 Å². The van der Waals surface area contributed by atoms with E-state index in [4.69, 9.17) is 14.6 Å². The average molecular weight is 241 g/mol. The van der Waals surface area contributed by atoms with Gasteiger partial charge in [-0.25, -0.2) is 0 Å². The van der Waals surface area contributed by atoms with E-state index in [0.29, 0.717) is 25.2 Å². The van der Waals surface area contributed by atoms with Gasteiger partial charge in [0.25, 0.3) is 0 Å². The van der Waals surface area contributed by atoms with Crippen LogP contribution < -0.4 is 4.74 Å². The lowest BCUT2D eigenvalue weighted by atomic mass is 10.2. The van der Waals surface area contributed by atoms with Crippen LogP contribution in [-0.4, -0.2) is 30.4 Å². The Labute approximate surface area is 98.9 Å². The molecule has 0 saturated carbocycles. The topological polar surface area (TPSA) is 81.8 Å². The Morgan fingerprint density at radius 3 is 2.76 bits per heavy atom. The van der Waals surface area contributed by atoms with Gasteiger partial charge in [-0.1, -0.05) is 6.07 Å². The van der Waals surface area contributed by atoms with Crippen molar-refractivity contribution in [2.45, 2.75) is 13.0 Å². The zero-order valence-corrected chi connectivity index (χ0v) is 9.59. The number of nitro groups is 1. The number of hydrogen-bond donors (Lipinski definition) is 1. The van der Waals surface area contributed by atoms with E-state index in [1.807, 2.05) is 0 Å². The van der Waals surface area contributed by atoms with Crippen LogP contribution in [0.25, 0.3) is 0 Å². The van der Waals surface area contributed by atoms with Gasteiger partial charge in [-0.3, -0.25) is 10.1 Å². The van der Waals surface area contributed by atoms with Gasteiger partial charge < -0.3 is 14.6 Å². The minimum atomic E-state index is -0.523. The van der Waals surface area contributed by atoms with E-state index in [1.165, 1.54) is 12.1 Å². The summed E-state index contributed by atoms with van der Waals surface area (Å²) in [5, 5.41) is 19.7. The zero-order chi connectivity index (χ0) is 12.7. The van der Waals surface area contributed by atoms with Crippen molar-refractivity contribution in [1.29, 1.82) is 0 Å². The van der Waals surface area contributed by atoms with Crippen LogP contribution in [0.1, 0.15) is 12.0 Å². The molecule has 0 aliphatic rings. The van der Waals surface area contributed by atoms with Crippen molar-refractivity contribution < 1.29 is 19.5 Å². The molecule has 0 unspecified atom stereocenters. The molecule has 94 valence electrons. The van der Waals surface area contributed by atoms with Crippen molar-refractivity contribution in [3.8, 4) is 5.75 Å². The first kappa shape index (κ1) is 13.4. The molecule has 1 rings (SSSR count). The van der Waals surface area contributed by atoms with Crippen LogP contribution >= 0.6 is 0 Å². The fraction of sp³-hybridized carbons (Fsp3) is 0.455. The van der Waals surface area contributed by atoms with Crippen LogP contribution in [0.15, 0.2) is 18.2 Å². The number of hydrogen-bond acceptors (Lipinski definition) is 5. The van der Waals surface area contributed by atoms with Gasteiger partial charge >= 0.3 is 5.69 Å². The molecule has 0 aromatic heterocycles. The van der Waals surface area contributed by atoms with Crippen molar-refractivity contribution in [3.63, 3.8) is 0 Å². The predicted molar refractivity (Wildman–Crippen MR) is 61.0 cm³/mol. The monoisotopic (exact) mass is 241 g/mol. The van der Waals surface area contributed by atoms with Crippen LogP contribution in [0.5, 0.6) is 5.75 Å². The molecule has 0 radical (unpaired) electrons. The summed E-state index contributed by atoms with van der Waals surface area (Å²) in [5.74, 6) is 0.211. The van der Waals surface area contributed by atoms with E-state index in [2.05, 4.69) is 0 Å². The fourth-order valence-electron chi connectivity index (χ4n) is 1.31. The molecule has 1 aromatic rings. The standard InChI is InChI=1S/C11H15NO5/c1-16-5-2-6-17-11-4-3-9(8-13)7-10(11)12(14)15/h3-4,7,13H,2,5-6,8H2,1H3. The molecule has 0 bridgehead atoms. The van der Waals surface area contributed by atoms with Gasteiger partial charge in [-0.15, -0.1) is 0 Å². The molecule has 0 saturated heterocycles. The first-order chi connectivity index (χ1) is 8.19. The minimum absolute atomic E-state index is 0.131. The average Bonchev–Trinajstić information content (AvgIpc) is 2.34. The first-order valence-corrected chi connectivity index (χ1v) is 5.19. The summed E-state index contributed by atoms with van der Waals surface area (Å²) in [5.41, 5.74) is 0.356. The molecule has 0 heterocycles. The third-order valence-corrected chi connectivity index (χ3v) is 2.15. The molecular formula is C11H15NO5. The quantitative estimate of drug-likeness (QED) is 0.444. The van der Waals surface area contributed by atoms with Gasteiger partial charge in [0.2, 0.25) is 0 Å². The summed E-state index contributed by atoms with van der Waals surface area (Å²) < 4.78 is 10.1. The summed E-state index contributed by atoms with van der Waals surface area (Å²) in [6.45, 7) is 0.667. The van der Waals surface area contributed by atoms with Crippen molar-refractivity contribution in [2.24, 2.45) is 0 Å². The number of methoxy groups -OCH3 is 1. The molecule has 0 spiro atoms. The molecule has 17 heavy (non-hydrogen) atoms. The molecule has 0 amide bonds. The zero-order valence-electron chi connectivity index (χ0n) is 9.59. The number of benzene rings is 1.